The van der Waals surface area contributed by atoms with Gasteiger partial charge in [-0.05, 0) is 57.1 Å². The first-order valence-corrected chi connectivity index (χ1v) is 13.6. The molecule has 1 aliphatic carbocycles. The van der Waals surface area contributed by atoms with Crippen molar-refractivity contribution in [2.75, 3.05) is 19.7 Å². The lowest BCUT2D eigenvalue weighted by atomic mass is 9.84. The van der Waals surface area contributed by atoms with Crippen molar-refractivity contribution >= 4 is 28.1 Å². The largest absolute Gasteiger partial charge is 0.464 e. The molecule has 0 saturated heterocycles. The maximum atomic E-state index is 13.1. The van der Waals surface area contributed by atoms with Crippen LogP contribution in [0, 0.1) is 5.92 Å². The van der Waals surface area contributed by atoms with E-state index in [1.807, 2.05) is 24.3 Å². The monoisotopic (exact) mass is 517 g/mol. The summed E-state index contributed by atoms with van der Waals surface area (Å²) in [6.07, 6.45) is 8.08. The summed E-state index contributed by atoms with van der Waals surface area (Å²) in [5.74, 6) is -2.17. The lowest BCUT2D eigenvalue weighted by Crippen LogP contribution is -2.40. The lowest BCUT2D eigenvalue weighted by Gasteiger charge is -2.32. The highest BCUT2D eigenvalue weighted by Crippen LogP contribution is 2.32. The van der Waals surface area contributed by atoms with Crippen molar-refractivity contribution in [3.8, 4) is 5.19 Å². The van der Waals surface area contributed by atoms with Gasteiger partial charge in [-0.25, -0.2) is 13.8 Å². The molecule has 3 aromatic rings. The predicted octanol–water partition coefficient (Wildman–Crippen LogP) is 4.65. The smallest absolute Gasteiger partial charge is 0.278 e. The molecule has 2 aliphatic rings. The van der Waals surface area contributed by atoms with E-state index < -0.39 is 12.5 Å². The number of hydrogen-bond donors (Lipinski definition) is 1. The van der Waals surface area contributed by atoms with E-state index in [0.29, 0.717) is 11.1 Å². The van der Waals surface area contributed by atoms with Crippen molar-refractivity contribution in [1.29, 1.82) is 0 Å². The molecule has 10 heteroatoms. The van der Waals surface area contributed by atoms with Crippen LogP contribution >= 0.6 is 11.3 Å². The van der Waals surface area contributed by atoms with E-state index in [-0.39, 0.29) is 18.5 Å². The Hall–Kier alpha value is -2.59. The van der Waals surface area contributed by atoms with Crippen LogP contribution in [0.2, 0.25) is 0 Å². The van der Waals surface area contributed by atoms with Gasteiger partial charge in [0, 0.05) is 36.3 Å². The molecule has 1 aromatic carbocycles. The fraction of sp³-hybridized carbons (Fsp3) is 0.577. The summed E-state index contributed by atoms with van der Waals surface area (Å²) in [6, 6.07) is 8.15. The molecule has 0 atom stereocenters. The van der Waals surface area contributed by atoms with E-state index >= 15 is 0 Å². The average molecular weight is 518 g/mol. The summed E-state index contributed by atoms with van der Waals surface area (Å²) in [6.45, 7) is 3.19. The third-order valence-corrected chi connectivity index (χ3v) is 8.22. The Morgan fingerprint density at radius 3 is 2.86 bits per heavy atom. The number of nitrogens with zero attached hydrogens (tertiary/aromatic N) is 4. The van der Waals surface area contributed by atoms with E-state index in [0.717, 1.165) is 86.6 Å². The number of alkyl halides is 2. The Bertz CT molecular complexity index is 1180. The summed E-state index contributed by atoms with van der Waals surface area (Å²) >= 11 is 1.40. The first kappa shape index (κ1) is 25.1. The molecular formula is C26H33F2N5O2S. The van der Waals surface area contributed by atoms with Crippen molar-refractivity contribution < 1.29 is 18.3 Å². The molecule has 1 fully saturated rings. The van der Waals surface area contributed by atoms with Gasteiger partial charge in [-0.2, -0.15) is 5.10 Å². The molecule has 0 spiro atoms. The molecule has 1 saturated carbocycles. The second kappa shape index (κ2) is 10.8. The molecule has 7 nitrogen and oxygen atoms in total. The van der Waals surface area contributed by atoms with Gasteiger partial charge in [-0.3, -0.25) is 14.4 Å². The second-order valence-electron chi connectivity index (χ2n) is 10.2. The molecule has 36 heavy (non-hydrogen) atoms. The summed E-state index contributed by atoms with van der Waals surface area (Å²) in [4.78, 5) is 20.6. The summed E-state index contributed by atoms with van der Waals surface area (Å²) in [5, 5.41) is 8.95. The van der Waals surface area contributed by atoms with Gasteiger partial charge in [-0.15, -0.1) is 0 Å². The van der Waals surface area contributed by atoms with Crippen LogP contribution in [-0.2, 0) is 24.3 Å². The molecule has 194 valence electrons. The molecule has 3 heterocycles. The van der Waals surface area contributed by atoms with Crippen LogP contribution < -0.4 is 10.1 Å². The van der Waals surface area contributed by atoms with Crippen LogP contribution in [0.1, 0.15) is 49.6 Å². The van der Waals surface area contributed by atoms with Crippen LogP contribution in [0.4, 0.5) is 8.78 Å². The third-order valence-electron chi connectivity index (χ3n) is 7.15. The predicted molar refractivity (Wildman–Crippen MR) is 135 cm³/mol. The van der Waals surface area contributed by atoms with E-state index in [1.54, 1.807) is 10.9 Å². The van der Waals surface area contributed by atoms with Gasteiger partial charge in [0.25, 0.3) is 11.1 Å². The number of halogens is 2. The highest BCUT2D eigenvalue weighted by atomic mass is 32.1. The number of aromatic nitrogens is 3. The molecule has 0 radical (unpaired) electrons. The van der Waals surface area contributed by atoms with Crippen molar-refractivity contribution in [3.63, 3.8) is 0 Å². The second-order valence-corrected chi connectivity index (χ2v) is 11.2. The highest BCUT2D eigenvalue weighted by Gasteiger charge is 2.27. The maximum Gasteiger partial charge on any atom is 0.278 e. The van der Waals surface area contributed by atoms with E-state index in [1.165, 1.54) is 11.3 Å². The van der Waals surface area contributed by atoms with Crippen molar-refractivity contribution in [2.24, 2.45) is 5.92 Å². The minimum atomic E-state index is -2.85. The van der Waals surface area contributed by atoms with E-state index in [4.69, 9.17) is 4.74 Å². The fourth-order valence-electron chi connectivity index (χ4n) is 5.19. The Labute approximate surface area is 213 Å². The molecule has 0 unspecified atom stereocenters. The van der Waals surface area contributed by atoms with Crippen molar-refractivity contribution in [1.82, 2.24) is 25.0 Å². The Kier molecular flexibility index (Phi) is 7.52. The van der Waals surface area contributed by atoms with Crippen molar-refractivity contribution in [3.05, 3.63) is 41.0 Å². The first-order chi connectivity index (χ1) is 17.3. The summed E-state index contributed by atoms with van der Waals surface area (Å²) in [5.41, 5.74) is 1.95. The number of ether oxygens (including phenoxy) is 1. The number of rotatable bonds is 9. The van der Waals surface area contributed by atoms with E-state index in [2.05, 4.69) is 20.3 Å². The molecule has 1 amide bonds. The van der Waals surface area contributed by atoms with Crippen LogP contribution in [0.25, 0.3) is 10.9 Å². The standard InChI is InChI=1S/C26H33F2N5O2S/c1-26(27,28)17-35-25-31-21-15-32(13-11-23(21)36-25)12-10-18-6-8-20(9-7-18)30-24(34)16-33-22-5-3-2-4-19(22)14-29-33/h2-5,14,18,20H,6-13,15-17H2,1H3,(H,30,34). The first-order valence-electron chi connectivity index (χ1n) is 12.7. The van der Waals surface area contributed by atoms with Crippen LogP contribution in [0.15, 0.2) is 30.5 Å². The number of amides is 1. The number of carbonyl (C=O) groups excluding carboxylic acids is 1. The Balaban J connectivity index is 1.02. The van der Waals surface area contributed by atoms with Gasteiger partial charge in [0.15, 0.2) is 6.61 Å². The summed E-state index contributed by atoms with van der Waals surface area (Å²) in [7, 11) is 0. The zero-order valence-electron chi connectivity index (χ0n) is 20.6. The number of nitrogens with one attached hydrogen (secondary N) is 1. The van der Waals surface area contributed by atoms with Gasteiger partial charge in [0.1, 0.15) is 6.54 Å². The minimum Gasteiger partial charge on any atom is -0.464 e. The van der Waals surface area contributed by atoms with Crippen LogP contribution in [-0.4, -0.2) is 57.2 Å². The van der Waals surface area contributed by atoms with Crippen LogP contribution in [0.3, 0.4) is 0 Å². The summed E-state index contributed by atoms with van der Waals surface area (Å²) < 4.78 is 33.1. The van der Waals surface area contributed by atoms with Crippen molar-refractivity contribution in [2.45, 2.75) is 70.5 Å². The number of carbonyl (C=O) groups is 1. The number of fused-ring (bicyclic) bond motifs is 2. The van der Waals surface area contributed by atoms with Gasteiger partial charge in [-0.1, -0.05) is 29.5 Å². The highest BCUT2D eigenvalue weighted by molar-refractivity contribution is 7.13. The average Bonchev–Trinajstić information content (AvgIpc) is 3.45. The lowest BCUT2D eigenvalue weighted by molar-refractivity contribution is -0.122. The van der Waals surface area contributed by atoms with Gasteiger partial charge < -0.3 is 10.1 Å². The quantitative estimate of drug-likeness (QED) is 0.447. The number of thiazole rings is 1. The minimum absolute atomic E-state index is 0.0192. The Morgan fingerprint density at radius 1 is 1.25 bits per heavy atom. The number of hydrogen-bond acceptors (Lipinski definition) is 6. The maximum absolute atomic E-state index is 13.1. The zero-order valence-corrected chi connectivity index (χ0v) is 21.4. The number of para-hydroxylation sites is 1. The topological polar surface area (TPSA) is 72.3 Å². The molecule has 5 rings (SSSR count). The van der Waals surface area contributed by atoms with Crippen LogP contribution in [0.5, 0.6) is 5.19 Å². The molecule has 1 N–H and O–H groups in total. The normalized spacial score (nSPS) is 20.9. The third kappa shape index (κ3) is 6.39. The fourth-order valence-corrected chi connectivity index (χ4v) is 6.10. The molecule has 2 aromatic heterocycles. The van der Waals surface area contributed by atoms with E-state index in [9.17, 15) is 13.6 Å². The molecule has 1 aliphatic heterocycles. The number of benzene rings is 1. The zero-order chi connectivity index (χ0) is 25.1. The van der Waals surface area contributed by atoms with Gasteiger partial charge in [0.2, 0.25) is 5.91 Å². The molecule has 0 bridgehead atoms. The SMILES string of the molecule is CC(F)(F)COc1nc2c(s1)CCN(CCC1CCC(NC(=O)Cn3ncc4ccccc43)CC1)C2. The molecular weight excluding hydrogens is 484 g/mol. The van der Waals surface area contributed by atoms with Gasteiger partial charge >= 0.3 is 0 Å². The Morgan fingerprint density at radius 2 is 2.06 bits per heavy atom. The van der Waals surface area contributed by atoms with Gasteiger partial charge in [0.05, 0.1) is 17.4 Å².